The first kappa shape index (κ1) is 15.0. The first-order valence-electron chi connectivity index (χ1n) is 6.58. The van der Waals surface area contributed by atoms with E-state index in [9.17, 15) is 13.2 Å². The van der Waals surface area contributed by atoms with Crippen molar-refractivity contribution in [3.8, 4) is 5.75 Å². The Kier molecular flexibility index (Phi) is 3.90. The lowest BCUT2D eigenvalue weighted by atomic mass is 10.2. The number of anilines is 1. The van der Waals surface area contributed by atoms with Crippen LogP contribution in [0, 0.1) is 0 Å². The first-order valence-corrected chi connectivity index (χ1v) is 8.94. The molecule has 0 spiro atoms. The van der Waals surface area contributed by atoms with Crippen molar-refractivity contribution < 1.29 is 17.9 Å². The second-order valence-electron chi connectivity index (χ2n) is 4.85. The molecule has 0 fully saturated rings. The maximum atomic E-state index is 12.4. The molecule has 3 rings (SSSR count). The lowest BCUT2D eigenvalue weighted by molar-refractivity contribution is -0.118. The van der Waals surface area contributed by atoms with Gasteiger partial charge in [0.15, 0.2) is 6.61 Å². The van der Waals surface area contributed by atoms with Gasteiger partial charge in [0.1, 0.15) is 5.75 Å². The molecule has 1 amide bonds. The van der Waals surface area contributed by atoms with Gasteiger partial charge in [-0.1, -0.05) is 6.07 Å². The van der Waals surface area contributed by atoms with E-state index in [2.05, 4.69) is 10.0 Å². The van der Waals surface area contributed by atoms with Crippen LogP contribution in [0.2, 0.25) is 0 Å². The fourth-order valence-electron chi connectivity index (χ4n) is 2.13. The zero-order chi connectivity index (χ0) is 15.7. The minimum atomic E-state index is -3.69. The summed E-state index contributed by atoms with van der Waals surface area (Å²) in [7, 11) is -3.69. The molecule has 0 saturated heterocycles. The van der Waals surface area contributed by atoms with Gasteiger partial charge in [-0.3, -0.25) is 4.79 Å². The Hall–Kier alpha value is -1.90. The summed E-state index contributed by atoms with van der Waals surface area (Å²) >= 11 is 1.49. The highest BCUT2D eigenvalue weighted by Crippen LogP contribution is 2.30. The summed E-state index contributed by atoms with van der Waals surface area (Å²) in [5.41, 5.74) is 0.364. The lowest BCUT2D eigenvalue weighted by Crippen LogP contribution is -2.28. The molecule has 2 heterocycles. The van der Waals surface area contributed by atoms with Crippen molar-refractivity contribution in [3.63, 3.8) is 0 Å². The molecular formula is C14H14N2O4S2. The third-order valence-electron chi connectivity index (χ3n) is 3.20. The Morgan fingerprint density at radius 3 is 2.91 bits per heavy atom. The zero-order valence-corrected chi connectivity index (χ0v) is 13.3. The van der Waals surface area contributed by atoms with Crippen LogP contribution in [0.25, 0.3) is 0 Å². The van der Waals surface area contributed by atoms with Crippen LogP contribution in [0.3, 0.4) is 0 Å². The highest BCUT2D eigenvalue weighted by atomic mass is 32.2. The van der Waals surface area contributed by atoms with Crippen molar-refractivity contribution >= 4 is 33.0 Å². The molecule has 116 valence electrons. The van der Waals surface area contributed by atoms with Gasteiger partial charge in [0, 0.05) is 4.88 Å². The van der Waals surface area contributed by atoms with E-state index >= 15 is 0 Å². The molecule has 0 radical (unpaired) electrons. The van der Waals surface area contributed by atoms with E-state index in [1.165, 1.54) is 23.5 Å². The second-order valence-corrected chi connectivity index (χ2v) is 7.55. The van der Waals surface area contributed by atoms with Crippen LogP contribution >= 0.6 is 11.3 Å². The monoisotopic (exact) mass is 338 g/mol. The first-order chi connectivity index (χ1) is 10.5. The summed E-state index contributed by atoms with van der Waals surface area (Å²) < 4.78 is 32.7. The molecular weight excluding hydrogens is 324 g/mol. The third kappa shape index (κ3) is 2.99. The molecule has 1 aromatic carbocycles. The Balaban J connectivity index is 1.86. The molecule has 2 N–H and O–H groups in total. The maximum Gasteiger partial charge on any atom is 0.262 e. The average Bonchev–Trinajstić information content (AvgIpc) is 3.00. The van der Waals surface area contributed by atoms with Gasteiger partial charge in [-0.15, -0.1) is 11.3 Å². The molecule has 6 nitrogen and oxygen atoms in total. The zero-order valence-electron chi connectivity index (χ0n) is 11.7. The Labute approximate surface area is 132 Å². The lowest BCUT2D eigenvalue weighted by Gasteiger charge is -2.19. The van der Waals surface area contributed by atoms with Crippen LogP contribution in [-0.2, 0) is 14.8 Å². The van der Waals surface area contributed by atoms with E-state index in [1.807, 2.05) is 17.5 Å². The topological polar surface area (TPSA) is 84.5 Å². The SMILES string of the molecule is C[C@H](NS(=O)(=O)c1ccc2c(c1)NC(=O)CO2)c1cccs1. The Morgan fingerprint density at radius 1 is 1.36 bits per heavy atom. The van der Waals surface area contributed by atoms with Crippen LogP contribution in [-0.4, -0.2) is 20.9 Å². The number of nitrogens with one attached hydrogen (secondary N) is 2. The van der Waals surface area contributed by atoms with Crippen molar-refractivity contribution in [3.05, 3.63) is 40.6 Å². The molecule has 0 saturated carbocycles. The van der Waals surface area contributed by atoms with Crippen LogP contribution < -0.4 is 14.8 Å². The number of sulfonamides is 1. The fraction of sp³-hybridized carbons (Fsp3) is 0.214. The standard InChI is InChI=1S/C14H14N2O4S2/c1-9(13-3-2-6-21-13)16-22(18,19)10-4-5-12-11(7-10)15-14(17)8-20-12/h2-7,9,16H,8H2,1H3,(H,15,17)/t9-/m0/s1. The predicted molar refractivity (Wildman–Crippen MR) is 83.6 cm³/mol. The van der Waals surface area contributed by atoms with Crippen molar-refractivity contribution in [2.45, 2.75) is 17.9 Å². The number of hydrogen-bond acceptors (Lipinski definition) is 5. The van der Waals surface area contributed by atoms with Gasteiger partial charge in [-0.25, -0.2) is 13.1 Å². The quantitative estimate of drug-likeness (QED) is 0.894. The number of thiophene rings is 1. The van der Waals surface area contributed by atoms with E-state index in [4.69, 9.17) is 4.74 Å². The normalized spacial score (nSPS) is 15.6. The summed E-state index contributed by atoms with van der Waals surface area (Å²) in [4.78, 5) is 12.3. The van der Waals surface area contributed by atoms with E-state index in [-0.39, 0.29) is 23.5 Å². The van der Waals surface area contributed by atoms with Crippen molar-refractivity contribution in [2.24, 2.45) is 0 Å². The van der Waals surface area contributed by atoms with Gasteiger partial charge in [0.25, 0.3) is 5.91 Å². The number of rotatable bonds is 4. The highest BCUT2D eigenvalue weighted by molar-refractivity contribution is 7.89. The number of carbonyl (C=O) groups excluding carboxylic acids is 1. The van der Waals surface area contributed by atoms with Crippen LogP contribution in [0.1, 0.15) is 17.8 Å². The van der Waals surface area contributed by atoms with Crippen LogP contribution in [0.5, 0.6) is 5.75 Å². The maximum absolute atomic E-state index is 12.4. The van der Waals surface area contributed by atoms with Gasteiger partial charge in [-0.05, 0) is 36.6 Å². The van der Waals surface area contributed by atoms with Gasteiger partial charge < -0.3 is 10.1 Å². The molecule has 1 aliphatic heterocycles. The number of amides is 1. The van der Waals surface area contributed by atoms with Gasteiger partial charge in [-0.2, -0.15) is 0 Å². The molecule has 1 aliphatic rings. The van der Waals surface area contributed by atoms with Gasteiger partial charge in [0.2, 0.25) is 10.0 Å². The highest BCUT2D eigenvalue weighted by Gasteiger charge is 2.22. The van der Waals surface area contributed by atoms with Crippen molar-refractivity contribution in [1.29, 1.82) is 0 Å². The Morgan fingerprint density at radius 2 is 2.18 bits per heavy atom. The largest absolute Gasteiger partial charge is 0.482 e. The molecule has 0 unspecified atom stereocenters. The molecule has 0 bridgehead atoms. The third-order valence-corrected chi connectivity index (χ3v) is 5.79. The second kappa shape index (κ2) is 5.71. The summed E-state index contributed by atoms with van der Waals surface area (Å²) in [6.45, 7) is 1.72. The smallest absolute Gasteiger partial charge is 0.262 e. The van der Waals surface area contributed by atoms with Crippen molar-refractivity contribution in [2.75, 3.05) is 11.9 Å². The molecule has 1 aromatic heterocycles. The van der Waals surface area contributed by atoms with E-state index < -0.39 is 10.0 Å². The summed E-state index contributed by atoms with van der Waals surface area (Å²) in [6.07, 6.45) is 0. The Bertz CT molecular complexity index is 800. The van der Waals surface area contributed by atoms with Crippen molar-refractivity contribution in [1.82, 2.24) is 4.72 Å². The van der Waals surface area contributed by atoms with E-state index in [0.717, 1.165) is 4.88 Å². The van der Waals surface area contributed by atoms with Gasteiger partial charge >= 0.3 is 0 Å². The number of ether oxygens (including phenoxy) is 1. The summed E-state index contributed by atoms with van der Waals surface area (Å²) in [6, 6.07) is 7.82. The number of hydrogen-bond donors (Lipinski definition) is 2. The van der Waals surface area contributed by atoms with E-state index in [1.54, 1.807) is 13.0 Å². The van der Waals surface area contributed by atoms with E-state index in [0.29, 0.717) is 11.4 Å². The minimum absolute atomic E-state index is 0.0627. The van der Waals surface area contributed by atoms with Crippen LogP contribution in [0.4, 0.5) is 5.69 Å². The molecule has 2 aromatic rings. The molecule has 0 aliphatic carbocycles. The minimum Gasteiger partial charge on any atom is -0.482 e. The molecule has 22 heavy (non-hydrogen) atoms. The predicted octanol–water partition coefficient (Wildman–Crippen LogP) is 2.12. The molecule has 1 atom stereocenters. The fourth-order valence-corrected chi connectivity index (χ4v) is 4.18. The number of carbonyl (C=O) groups is 1. The van der Waals surface area contributed by atoms with Crippen LogP contribution in [0.15, 0.2) is 40.6 Å². The average molecular weight is 338 g/mol. The number of benzene rings is 1. The summed E-state index contributed by atoms with van der Waals surface area (Å²) in [5.74, 6) is 0.159. The summed E-state index contributed by atoms with van der Waals surface area (Å²) in [5, 5.41) is 4.49. The number of fused-ring (bicyclic) bond motifs is 1. The molecule has 8 heteroatoms. The van der Waals surface area contributed by atoms with Gasteiger partial charge in [0.05, 0.1) is 16.6 Å².